The Morgan fingerprint density at radius 3 is 2.21 bits per heavy atom. The van der Waals surface area contributed by atoms with Crippen LogP contribution >= 0.6 is 0 Å². The fourth-order valence-electron chi connectivity index (χ4n) is 7.59. The number of ether oxygens (including phenoxy) is 1. The van der Waals surface area contributed by atoms with Crippen molar-refractivity contribution in [1.29, 1.82) is 0 Å². The fraction of sp³-hybridized carbons (Fsp3) is 0.964. The first-order valence-corrected chi connectivity index (χ1v) is 16.1. The molecule has 10 heteroatoms. The predicted molar refractivity (Wildman–Crippen MR) is 139 cm³/mol. The number of carboxylic acids is 1. The van der Waals surface area contributed by atoms with Crippen molar-refractivity contribution in [1.82, 2.24) is 4.31 Å². The number of aliphatic carboxylic acids is 1. The van der Waals surface area contributed by atoms with E-state index in [1.807, 2.05) is 0 Å². The molecule has 6 nitrogen and oxygen atoms in total. The van der Waals surface area contributed by atoms with Gasteiger partial charge in [-0.15, -0.1) is 0 Å². The van der Waals surface area contributed by atoms with Crippen molar-refractivity contribution in [3.8, 4) is 0 Å². The molecule has 3 aliphatic carbocycles. The van der Waals surface area contributed by atoms with Crippen LogP contribution in [0.4, 0.5) is 13.2 Å². The van der Waals surface area contributed by atoms with Gasteiger partial charge in [-0.1, -0.05) is 27.2 Å². The maximum atomic E-state index is 13.8. The third kappa shape index (κ3) is 6.88. The molecule has 1 saturated heterocycles. The third-order valence-corrected chi connectivity index (χ3v) is 12.4. The van der Waals surface area contributed by atoms with Crippen LogP contribution in [0, 0.1) is 35.0 Å². The van der Waals surface area contributed by atoms with Gasteiger partial charge in [0.1, 0.15) is 0 Å². The molecule has 4 fully saturated rings. The predicted octanol–water partition coefficient (Wildman–Crippen LogP) is 6.25. The topological polar surface area (TPSA) is 83.9 Å². The maximum absolute atomic E-state index is 13.8. The Labute approximate surface area is 226 Å². The second kappa shape index (κ2) is 11.6. The van der Waals surface area contributed by atoms with E-state index in [0.717, 1.165) is 19.3 Å². The van der Waals surface area contributed by atoms with E-state index in [1.54, 1.807) is 0 Å². The van der Waals surface area contributed by atoms with E-state index < -0.39 is 51.7 Å². The summed E-state index contributed by atoms with van der Waals surface area (Å²) in [5.74, 6) is -2.39. The van der Waals surface area contributed by atoms with Crippen molar-refractivity contribution in [2.24, 2.45) is 35.0 Å². The van der Waals surface area contributed by atoms with Gasteiger partial charge in [0.05, 0.1) is 23.2 Å². The van der Waals surface area contributed by atoms with Crippen molar-refractivity contribution in [2.45, 2.75) is 121 Å². The molecule has 0 aromatic carbocycles. The minimum Gasteiger partial charge on any atom is -0.481 e. The zero-order valence-corrected chi connectivity index (χ0v) is 23.9. The average Bonchev–Trinajstić information content (AvgIpc) is 2.86. The van der Waals surface area contributed by atoms with E-state index in [2.05, 4.69) is 20.8 Å². The molecule has 0 aromatic heterocycles. The Hall–Kier alpha value is -0.870. The molecule has 6 atom stereocenters. The lowest BCUT2D eigenvalue weighted by atomic mass is 9.70. The number of hydrogen-bond acceptors (Lipinski definition) is 4. The van der Waals surface area contributed by atoms with Crippen LogP contribution in [0.25, 0.3) is 0 Å². The van der Waals surface area contributed by atoms with Crippen molar-refractivity contribution in [2.75, 3.05) is 13.2 Å². The van der Waals surface area contributed by atoms with Crippen LogP contribution in [0.2, 0.25) is 0 Å². The molecule has 1 heterocycles. The summed E-state index contributed by atoms with van der Waals surface area (Å²) >= 11 is 0. The van der Waals surface area contributed by atoms with Crippen molar-refractivity contribution >= 4 is 16.0 Å². The van der Waals surface area contributed by atoms with E-state index in [4.69, 9.17) is 4.74 Å². The summed E-state index contributed by atoms with van der Waals surface area (Å²) in [7, 11) is -4.08. The van der Waals surface area contributed by atoms with E-state index in [0.29, 0.717) is 43.1 Å². The number of sulfonamides is 1. The Balaban J connectivity index is 1.42. The van der Waals surface area contributed by atoms with Gasteiger partial charge in [-0.05, 0) is 93.8 Å². The number of rotatable bonds is 6. The molecular formula is C28H46F3NO5S. The van der Waals surface area contributed by atoms with E-state index >= 15 is 0 Å². The van der Waals surface area contributed by atoms with Crippen LogP contribution in [0.5, 0.6) is 0 Å². The minimum atomic E-state index is -4.42. The standard InChI is InChI=1S/C28H46F3NO5S/c1-27(2,3)21-10-7-18(8-11-21)17-37-23-12-9-19-13-20(26(33)34)16-32(25(19)15-23)38(35,36)24-6-4-5-22(14-24)28(29,30)31/h18-25H,4-17H2,1-3H3,(H,33,34). The number of halogens is 3. The third-order valence-electron chi connectivity index (χ3n) is 10.1. The number of hydrogen-bond donors (Lipinski definition) is 1. The second-order valence-electron chi connectivity index (χ2n) is 13.6. The maximum Gasteiger partial charge on any atom is 0.391 e. The molecule has 0 amide bonds. The van der Waals surface area contributed by atoms with E-state index in [9.17, 15) is 31.5 Å². The summed E-state index contributed by atoms with van der Waals surface area (Å²) in [6.45, 7) is 7.38. The molecule has 220 valence electrons. The van der Waals surface area contributed by atoms with Crippen LogP contribution < -0.4 is 0 Å². The normalized spacial score (nSPS) is 37.9. The first kappa shape index (κ1) is 30.1. The van der Waals surface area contributed by atoms with Crippen LogP contribution in [0.3, 0.4) is 0 Å². The monoisotopic (exact) mass is 565 g/mol. The molecule has 38 heavy (non-hydrogen) atoms. The average molecular weight is 566 g/mol. The summed E-state index contributed by atoms with van der Waals surface area (Å²) in [4.78, 5) is 11.9. The molecule has 1 N–H and O–H groups in total. The lowest BCUT2D eigenvalue weighted by Crippen LogP contribution is -2.58. The highest BCUT2D eigenvalue weighted by molar-refractivity contribution is 7.89. The van der Waals surface area contributed by atoms with Crippen LogP contribution in [-0.4, -0.2) is 60.5 Å². The van der Waals surface area contributed by atoms with Crippen LogP contribution in [-0.2, 0) is 19.6 Å². The van der Waals surface area contributed by atoms with E-state index in [-0.39, 0.29) is 37.8 Å². The Bertz CT molecular complexity index is 926. The summed E-state index contributed by atoms with van der Waals surface area (Å²) in [5, 5.41) is 8.61. The lowest BCUT2D eigenvalue weighted by molar-refractivity contribution is -0.181. The number of fused-ring (bicyclic) bond motifs is 1. The lowest BCUT2D eigenvalue weighted by Gasteiger charge is -2.48. The van der Waals surface area contributed by atoms with Gasteiger partial charge in [-0.25, -0.2) is 8.42 Å². The number of carbonyl (C=O) groups is 1. The Morgan fingerprint density at radius 1 is 0.921 bits per heavy atom. The summed E-state index contributed by atoms with van der Waals surface area (Å²) in [5.41, 5.74) is 0.312. The number of nitrogens with zero attached hydrogens (tertiary/aromatic N) is 1. The van der Waals surface area contributed by atoms with Crippen molar-refractivity contribution < 1.29 is 36.2 Å². The summed E-state index contributed by atoms with van der Waals surface area (Å²) in [6, 6.07) is -0.405. The second-order valence-corrected chi connectivity index (χ2v) is 15.8. The quantitative estimate of drug-likeness (QED) is 0.412. The van der Waals surface area contributed by atoms with Gasteiger partial charge in [0.25, 0.3) is 0 Å². The van der Waals surface area contributed by atoms with Gasteiger partial charge < -0.3 is 9.84 Å². The van der Waals surface area contributed by atoms with Crippen molar-refractivity contribution in [3.63, 3.8) is 0 Å². The van der Waals surface area contributed by atoms with Gasteiger partial charge in [0.2, 0.25) is 10.0 Å². The van der Waals surface area contributed by atoms with Crippen LogP contribution in [0.15, 0.2) is 0 Å². The summed E-state index contributed by atoms with van der Waals surface area (Å²) in [6.07, 6.45) is 2.37. The van der Waals surface area contributed by atoms with Gasteiger partial charge in [-0.3, -0.25) is 4.79 Å². The molecule has 0 bridgehead atoms. The molecule has 4 rings (SSSR count). The molecule has 3 saturated carbocycles. The van der Waals surface area contributed by atoms with Gasteiger partial charge >= 0.3 is 12.1 Å². The SMILES string of the molecule is CC(C)(C)C1CCC(COC2CCC3CC(C(=O)O)CN(S(=O)(=O)C4CCCC(C(F)(F)F)C4)C3C2)CC1. The van der Waals surface area contributed by atoms with E-state index in [1.165, 1.54) is 17.1 Å². The first-order chi connectivity index (χ1) is 17.7. The fourth-order valence-corrected chi connectivity index (χ4v) is 9.93. The molecule has 0 radical (unpaired) electrons. The van der Waals surface area contributed by atoms with Gasteiger partial charge in [0.15, 0.2) is 0 Å². The largest absolute Gasteiger partial charge is 0.481 e. The highest BCUT2D eigenvalue weighted by Gasteiger charge is 2.51. The molecule has 0 aromatic rings. The highest BCUT2D eigenvalue weighted by Crippen LogP contribution is 2.45. The van der Waals surface area contributed by atoms with Crippen molar-refractivity contribution in [3.05, 3.63) is 0 Å². The van der Waals surface area contributed by atoms with Gasteiger partial charge in [0, 0.05) is 19.2 Å². The van der Waals surface area contributed by atoms with Gasteiger partial charge in [-0.2, -0.15) is 17.5 Å². The molecular weight excluding hydrogens is 519 g/mol. The molecule has 1 aliphatic heterocycles. The molecule has 6 unspecified atom stereocenters. The van der Waals surface area contributed by atoms with Crippen LogP contribution in [0.1, 0.15) is 97.8 Å². The molecule has 4 aliphatic rings. The molecule has 0 spiro atoms. The zero-order chi connectivity index (χ0) is 27.9. The Kier molecular flexibility index (Phi) is 9.15. The minimum absolute atomic E-state index is 0.0487. The zero-order valence-electron chi connectivity index (χ0n) is 23.1. The Morgan fingerprint density at radius 2 is 1.61 bits per heavy atom. The summed E-state index contributed by atoms with van der Waals surface area (Å²) < 4.78 is 75.6. The number of carboxylic acid groups (broad SMARTS) is 1. The smallest absolute Gasteiger partial charge is 0.391 e. The highest BCUT2D eigenvalue weighted by atomic mass is 32.2. The number of alkyl halides is 3. The number of piperidine rings is 1. The first-order valence-electron chi connectivity index (χ1n) is 14.6.